The van der Waals surface area contributed by atoms with Crippen LogP contribution in [0.2, 0.25) is 0 Å². The van der Waals surface area contributed by atoms with E-state index in [4.69, 9.17) is 14.7 Å². The first-order valence-corrected chi connectivity index (χ1v) is 13.5. The molecule has 3 heterocycles. The lowest BCUT2D eigenvalue weighted by Crippen LogP contribution is -2.50. The van der Waals surface area contributed by atoms with Gasteiger partial charge in [0.15, 0.2) is 0 Å². The van der Waals surface area contributed by atoms with Gasteiger partial charge in [-0.3, -0.25) is 4.90 Å². The van der Waals surface area contributed by atoms with Crippen molar-refractivity contribution in [2.45, 2.75) is 56.8 Å². The first-order valence-electron chi connectivity index (χ1n) is 13.5. The lowest BCUT2D eigenvalue weighted by atomic mass is 9.80. The summed E-state index contributed by atoms with van der Waals surface area (Å²) >= 11 is 0. The predicted octanol–water partition coefficient (Wildman–Crippen LogP) is 3.83. The average Bonchev–Trinajstić information content (AvgIpc) is 3.23. The van der Waals surface area contributed by atoms with Crippen LogP contribution in [0.5, 0.6) is 11.8 Å². The van der Waals surface area contributed by atoms with Crippen molar-refractivity contribution < 1.29 is 14.2 Å². The molecule has 1 aliphatic carbocycles. The van der Waals surface area contributed by atoms with E-state index in [1.54, 1.807) is 0 Å². The predicted molar refractivity (Wildman–Crippen MR) is 144 cm³/mol. The maximum Gasteiger partial charge on any atom is 0.318 e. The van der Waals surface area contributed by atoms with Gasteiger partial charge in [0.25, 0.3) is 0 Å². The lowest BCUT2D eigenvalue weighted by molar-refractivity contribution is 0.187. The molecule has 37 heavy (non-hydrogen) atoms. The van der Waals surface area contributed by atoms with Crippen LogP contribution in [0.3, 0.4) is 0 Å². The van der Waals surface area contributed by atoms with E-state index in [1.807, 2.05) is 30.1 Å². The highest BCUT2D eigenvalue weighted by Crippen LogP contribution is 2.40. The summed E-state index contributed by atoms with van der Waals surface area (Å²) in [6.07, 6.45) is 2.30. The molecule has 1 aromatic heterocycles. The van der Waals surface area contributed by atoms with E-state index < -0.39 is 6.17 Å². The minimum Gasteiger partial charge on any atom is -0.508 e. The first kappa shape index (κ1) is 24.4. The number of rotatable bonds is 5. The molecule has 0 spiro atoms. The monoisotopic (exact) mass is 505 g/mol. The number of hydrogen-bond acceptors (Lipinski definition) is 7. The molecular weight excluding hydrogens is 469 g/mol. The third kappa shape index (κ3) is 4.84. The van der Waals surface area contributed by atoms with Gasteiger partial charge in [-0.2, -0.15) is 9.97 Å². The number of piperazine rings is 1. The van der Waals surface area contributed by atoms with E-state index in [2.05, 4.69) is 35.3 Å². The number of aromatic nitrogens is 2. The third-order valence-corrected chi connectivity index (χ3v) is 8.37. The molecule has 0 amide bonds. The summed E-state index contributed by atoms with van der Waals surface area (Å²) in [6, 6.07) is 12.7. The van der Waals surface area contributed by atoms with Gasteiger partial charge in [-0.05, 0) is 74.0 Å². The van der Waals surface area contributed by atoms with Crippen LogP contribution < -0.4 is 15.0 Å². The van der Waals surface area contributed by atoms with Gasteiger partial charge in [0.2, 0.25) is 0 Å². The van der Waals surface area contributed by atoms with E-state index in [1.165, 1.54) is 16.5 Å². The van der Waals surface area contributed by atoms with Crippen molar-refractivity contribution in [2.24, 2.45) is 0 Å². The second kappa shape index (κ2) is 10.1. The lowest BCUT2D eigenvalue weighted by Gasteiger charge is -2.37. The van der Waals surface area contributed by atoms with Gasteiger partial charge < -0.3 is 20.1 Å². The fraction of sp³-hybridized carbons (Fsp3) is 0.517. The Hall–Kier alpha value is -2.97. The Morgan fingerprint density at radius 3 is 2.89 bits per heavy atom. The number of ether oxygens (including phenoxy) is 1. The molecule has 0 radical (unpaired) electrons. The Labute approximate surface area is 217 Å². The summed E-state index contributed by atoms with van der Waals surface area (Å²) in [4.78, 5) is 14.3. The average molecular weight is 506 g/mol. The normalized spacial score (nSPS) is 26.4. The zero-order valence-corrected chi connectivity index (χ0v) is 21.7. The molecule has 1 unspecified atom stereocenters. The summed E-state index contributed by atoms with van der Waals surface area (Å²) in [5.74, 6) is 1.53. The Bertz CT molecular complexity index is 1290. The maximum atomic E-state index is 13.9. The quantitative estimate of drug-likeness (QED) is 0.546. The molecule has 0 saturated carbocycles. The largest absolute Gasteiger partial charge is 0.508 e. The van der Waals surface area contributed by atoms with E-state index in [-0.39, 0.29) is 12.0 Å². The number of halogens is 1. The molecular formula is C29H36FN5O2. The van der Waals surface area contributed by atoms with Crippen LogP contribution in [0.4, 0.5) is 10.2 Å². The van der Waals surface area contributed by atoms with E-state index >= 15 is 0 Å². The maximum absolute atomic E-state index is 13.9. The Balaban J connectivity index is 1.34. The van der Waals surface area contributed by atoms with Crippen molar-refractivity contribution in [3.8, 4) is 11.8 Å². The number of hydrogen-bond donors (Lipinski definition) is 2. The third-order valence-electron chi connectivity index (χ3n) is 8.37. The molecule has 7 nitrogen and oxygen atoms in total. The Morgan fingerprint density at radius 1 is 1.22 bits per heavy atom. The van der Waals surface area contributed by atoms with E-state index in [0.717, 1.165) is 55.8 Å². The minimum atomic E-state index is -0.807. The van der Waals surface area contributed by atoms with Crippen LogP contribution in [0.1, 0.15) is 42.5 Å². The summed E-state index contributed by atoms with van der Waals surface area (Å²) < 4.78 is 20.1. The number of alkyl halides is 1. The number of fused-ring (bicyclic) bond motifs is 2. The number of likely N-dealkylation sites (N-methyl/N-ethyl adjacent to an activating group) is 1. The van der Waals surface area contributed by atoms with Gasteiger partial charge in [0.1, 0.15) is 24.3 Å². The van der Waals surface area contributed by atoms with Gasteiger partial charge in [-0.1, -0.05) is 24.3 Å². The van der Waals surface area contributed by atoms with Crippen molar-refractivity contribution in [1.29, 1.82) is 0 Å². The van der Waals surface area contributed by atoms with Crippen LogP contribution in [-0.4, -0.2) is 78.1 Å². The van der Waals surface area contributed by atoms with Crippen LogP contribution >= 0.6 is 0 Å². The van der Waals surface area contributed by atoms with Crippen molar-refractivity contribution in [3.05, 3.63) is 53.2 Å². The standard InChI is InChI=1S/C29H36FN5O2/c1-18-15-31-9-10-35(18)28-25-8-7-20(26-14-23(36)11-19-5-3-4-6-24(19)26)12-27(25)32-29(33-28)37-17-22-13-21(30)16-34(22)2/h3-6,11,14,18,20-22,31,36H,7-10,12-13,15-17H2,1-2H3/t18-,20?,21-,22-/m0/s1. The van der Waals surface area contributed by atoms with Crippen LogP contribution in [0, 0.1) is 0 Å². The highest BCUT2D eigenvalue weighted by atomic mass is 19.1. The minimum absolute atomic E-state index is 0.0302. The zero-order chi connectivity index (χ0) is 25.5. The molecule has 3 aromatic rings. The van der Waals surface area contributed by atoms with Gasteiger partial charge in [-0.25, -0.2) is 4.39 Å². The van der Waals surface area contributed by atoms with Crippen molar-refractivity contribution in [1.82, 2.24) is 20.2 Å². The van der Waals surface area contributed by atoms with Gasteiger partial charge >= 0.3 is 6.01 Å². The number of nitrogens with one attached hydrogen (secondary N) is 1. The highest BCUT2D eigenvalue weighted by molar-refractivity contribution is 5.87. The fourth-order valence-electron chi connectivity index (χ4n) is 6.34. The smallest absolute Gasteiger partial charge is 0.318 e. The molecule has 2 saturated heterocycles. The number of phenolic OH excluding ortho intramolecular Hbond substituents is 1. The summed E-state index contributed by atoms with van der Waals surface area (Å²) in [7, 11) is 1.94. The van der Waals surface area contributed by atoms with E-state index in [0.29, 0.717) is 37.4 Å². The second-order valence-corrected chi connectivity index (χ2v) is 10.9. The van der Waals surface area contributed by atoms with Gasteiger partial charge in [0.05, 0.1) is 5.69 Å². The molecule has 6 rings (SSSR count). The number of nitrogens with zero attached hydrogens (tertiary/aromatic N) is 4. The first-order chi connectivity index (χ1) is 18.0. The number of anilines is 1. The Morgan fingerprint density at radius 2 is 2.08 bits per heavy atom. The molecule has 2 aromatic carbocycles. The topological polar surface area (TPSA) is 73.8 Å². The molecule has 196 valence electrons. The molecule has 2 aliphatic heterocycles. The Kier molecular flexibility index (Phi) is 6.63. The van der Waals surface area contributed by atoms with Crippen molar-refractivity contribution in [3.63, 3.8) is 0 Å². The molecule has 0 bridgehead atoms. The molecule has 8 heteroatoms. The van der Waals surface area contributed by atoms with Crippen LogP contribution in [0.25, 0.3) is 10.8 Å². The molecule has 4 atom stereocenters. The number of aromatic hydroxyl groups is 1. The number of phenols is 1. The number of likely N-dealkylation sites (tertiary alicyclic amines) is 1. The molecule has 2 N–H and O–H groups in total. The van der Waals surface area contributed by atoms with Crippen molar-refractivity contribution >= 4 is 16.6 Å². The van der Waals surface area contributed by atoms with Crippen LogP contribution in [0.15, 0.2) is 36.4 Å². The SMILES string of the molecule is C[C@H]1CNCCN1c1nc(OC[C@@H]2C[C@H](F)CN2C)nc2c1CCC(c1cc(O)cc3ccccc13)C2. The van der Waals surface area contributed by atoms with E-state index in [9.17, 15) is 9.50 Å². The molecule has 2 fully saturated rings. The highest BCUT2D eigenvalue weighted by Gasteiger charge is 2.32. The molecule has 3 aliphatic rings. The van der Waals surface area contributed by atoms with Gasteiger partial charge in [-0.15, -0.1) is 0 Å². The van der Waals surface area contributed by atoms with Crippen LogP contribution in [-0.2, 0) is 12.8 Å². The number of benzene rings is 2. The summed E-state index contributed by atoms with van der Waals surface area (Å²) in [6.45, 7) is 5.77. The summed E-state index contributed by atoms with van der Waals surface area (Å²) in [5.41, 5.74) is 3.40. The van der Waals surface area contributed by atoms with Crippen molar-refractivity contribution in [2.75, 3.05) is 44.7 Å². The fourth-order valence-corrected chi connectivity index (χ4v) is 6.34. The van der Waals surface area contributed by atoms with Gasteiger partial charge in [0, 0.05) is 43.8 Å². The zero-order valence-electron chi connectivity index (χ0n) is 21.7. The summed E-state index contributed by atoms with van der Waals surface area (Å²) in [5, 5.41) is 16.2. The second-order valence-electron chi connectivity index (χ2n) is 10.9.